The molecule has 1 amide bonds. The van der Waals surface area contributed by atoms with Crippen LogP contribution < -0.4 is 5.32 Å². The highest BCUT2D eigenvalue weighted by Crippen LogP contribution is 2.34. The number of nitrogens with one attached hydrogen (secondary N) is 1. The fourth-order valence-corrected chi connectivity index (χ4v) is 3.90. The van der Waals surface area contributed by atoms with Crippen LogP contribution in [0.4, 0.5) is 5.95 Å². The fraction of sp³-hybridized carbons (Fsp3) is 0.304. The molecule has 0 saturated carbocycles. The number of hydrogen-bond acceptors (Lipinski definition) is 9. The average molecular weight is 460 g/mol. The van der Waals surface area contributed by atoms with Crippen LogP contribution in [0.3, 0.4) is 0 Å². The van der Waals surface area contributed by atoms with E-state index in [0.717, 1.165) is 5.69 Å². The second-order valence-electron chi connectivity index (χ2n) is 8.37. The predicted octanol–water partition coefficient (Wildman–Crippen LogP) is 2.15. The number of carbonyl (C=O) groups excluding carboxylic acids is 1. The maximum absolute atomic E-state index is 12.4. The first-order valence-electron chi connectivity index (χ1n) is 10.9. The fourth-order valence-electron chi connectivity index (χ4n) is 3.90. The Morgan fingerprint density at radius 2 is 1.88 bits per heavy atom. The van der Waals surface area contributed by atoms with Gasteiger partial charge in [-0.05, 0) is 31.2 Å². The molecule has 5 rings (SSSR count). The van der Waals surface area contributed by atoms with Crippen LogP contribution in [0.25, 0.3) is 22.8 Å². The average Bonchev–Trinajstić information content (AvgIpc) is 3.57. The first-order chi connectivity index (χ1) is 16.3. The molecule has 1 aliphatic heterocycles. The van der Waals surface area contributed by atoms with Crippen molar-refractivity contribution in [2.45, 2.75) is 25.0 Å². The summed E-state index contributed by atoms with van der Waals surface area (Å²) in [6, 6.07) is 10.6. The van der Waals surface area contributed by atoms with Gasteiger partial charge in [-0.3, -0.25) is 9.48 Å². The van der Waals surface area contributed by atoms with E-state index in [-0.39, 0.29) is 18.2 Å². The van der Waals surface area contributed by atoms with Crippen LogP contribution >= 0.6 is 0 Å². The summed E-state index contributed by atoms with van der Waals surface area (Å²) in [5.74, 6) is 0.164. The van der Waals surface area contributed by atoms with Crippen molar-refractivity contribution in [3.05, 3.63) is 60.2 Å². The Bertz CT molecular complexity index is 1350. The van der Waals surface area contributed by atoms with Gasteiger partial charge in [-0.1, -0.05) is 11.2 Å². The number of pyridine rings is 1. The lowest BCUT2D eigenvalue weighted by Gasteiger charge is -2.16. The van der Waals surface area contributed by atoms with E-state index in [4.69, 9.17) is 4.52 Å². The van der Waals surface area contributed by atoms with Crippen LogP contribution in [0.15, 0.2) is 53.3 Å². The molecule has 174 valence electrons. The van der Waals surface area contributed by atoms with Crippen LogP contribution in [-0.4, -0.2) is 59.4 Å². The molecule has 0 radical (unpaired) electrons. The van der Waals surface area contributed by atoms with Crippen molar-refractivity contribution in [1.82, 2.24) is 34.8 Å². The SMILES string of the molecule is CC(Nc1nccc(-c2cccc(-c3cc(C4(O)CCN(C)C4=O)on3)n2)n1)c1ccn(C)n1. The molecule has 0 spiro atoms. The number of rotatable bonds is 6. The Morgan fingerprint density at radius 1 is 1.12 bits per heavy atom. The van der Waals surface area contributed by atoms with Crippen molar-refractivity contribution in [2.24, 2.45) is 7.05 Å². The second kappa shape index (κ2) is 8.34. The highest BCUT2D eigenvalue weighted by molar-refractivity contribution is 5.87. The molecule has 2 atom stereocenters. The number of carbonyl (C=O) groups is 1. The highest BCUT2D eigenvalue weighted by atomic mass is 16.5. The molecule has 1 saturated heterocycles. The van der Waals surface area contributed by atoms with Crippen molar-refractivity contribution in [3.63, 3.8) is 0 Å². The monoisotopic (exact) mass is 460 g/mol. The Balaban J connectivity index is 1.38. The summed E-state index contributed by atoms with van der Waals surface area (Å²) in [5.41, 5.74) is 1.38. The zero-order valence-corrected chi connectivity index (χ0v) is 19.0. The van der Waals surface area contributed by atoms with Gasteiger partial charge in [0.15, 0.2) is 5.76 Å². The number of aliphatic hydroxyl groups is 1. The van der Waals surface area contributed by atoms with Crippen molar-refractivity contribution in [3.8, 4) is 22.8 Å². The lowest BCUT2D eigenvalue weighted by atomic mass is 9.98. The largest absolute Gasteiger partial charge is 0.373 e. The zero-order chi connectivity index (χ0) is 23.9. The standard InChI is InChI=1S/C23H24N8O3/c1-14(15-8-11-31(3)28-15)25-22-24-10-7-18(27-22)16-5-4-6-17(26-16)19-13-20(34-29-19)23(33)9-12-30(2)21(23)32/h4-8,10-11,13-14,33H,9,12H2,1-3H3,(H,24,25,27). The summed E-state index contributed by atoms with van der Waals surface area (Å²) < 4.78 is 7.09. The van der Waals surface area contributed by atoms with E-state index in [1.165, 1.54) is 4.90 Å². The van der Waals surface area contributed by atoms with Gasteiger partial charge in [-0.15, -0.1) is 0 Å². The summed E-state index contributed by atoms with van der Waals surface area (Å²) in [7, 11) is 3.51. The lowest BCUT2D eigenvalue weighted by Crippen LogP contribution is -2.35. The molecular weight excluding hydrogens is 436 g/mol. The molecule has 0 aliphatic carbocycles. The predicted molar refractivity (Wildman–Crippen MR) is 122 cm³/mol. The third-order valence-electron chi connectivity index (χ3n) is 5.88. The maximum atomic E-state index is 12.4. The van der Waals surface area contributed by atoms with Gasteiger partial charge in [-0.2, -0.15) is 5.10 Å². The van der Waals surface area contributed by atoms with Crippen molar-refractivity contribution in [1.29, 1.82) is 0 Å². The topological polar surface area (TPSA) is 135 Å². The minimum absolute atomic E-state index is 0.0764. The van der Waals surface area contributed by atoms with Gasteiger partial charge >= 0.3 is 0 Å². The molecule has 2 unspecified atom stereocenters. The third-order valence-corrected chi connectivity index (χ3v) is 5.88. The van der Waals surface area contributed by atoms with Crippen molar-refractivity contribution in [2.75, 3.05) is 18.9 Å². The van der Waals surface area contributed by atoms with Gasteiger partial charge in [0.1, 0.15) is 5.69 Å². The number of likely N-dealkylation sites (N-methyl/N-ethyl adjacent to an activating group) is 1. The smallest absolute Gasteiger partial charge is 0.262 e. The summed E-state index contributed by atoms with van der Waals surface area (Å²) in [6.07, 6.45) is 3.79. The van der Waals surface area contributed by atoms with E-state index in [9.17, 15) is 9.90 Å². The number of anilines is 1. The minimum Gasteiger partial charge on any atom is -0.373 e. The molecule has 0 bridgehead atoms. The van der Waals surface area contributed by atoms with Gasteiger partial charge in [-0.25, -0.2) is 15.0 Å². The van der Waals surface area contributed by atoms with E-state index in [1.807, 2.05) is 38.4 Å². The van der Waals surface area contributed by atoms with E-state index >= 15 is 0 Å². The number of amides is 1. The second-order valence-corrected chi connectivity index (χ2v) is 8.37. The van der Waals surface area contributed by atoms with Gasteiger partial charge < -0.3 is 19.8 Å². The van der Waals surface area contributed by atoms with E-state index in [2.05, 4.69) is 30.5 Å². The maximum Gasteiger partial charge on any atom is 0.262 e. The molecule has 11 heteroatoms. The van der Waals surface area contributed by atoms with Crippen molar-refractivity contribution >= 4 is 11.9 Å². The summed E-state index contributed by atoms with van der Waals surface area (Å²) in [4.78, 5) is 27.4. The van der Waals surface area contributed by atoms with E-state index in [1.54, 1.807) is 36.1 Å². The van der Waals surface area contributed by atoms with Crippen LogP contribution in [0, 0.1) is 0 Å². The van der Waals surface area contributed by atoms with Crippen LogP contribution in [0.5, 0.6) is 0 Å². The molecule has 1 fully saturated rings. The van der Waals surface area contributed by atoms with Crippen LogP contribution in [-0.2, 0) is 17.4 Å². The number of aryl methyl sites for hydroxylation is 1. The van der Waals surface area contributed by atoms with Gasteiger partial charge in [0.05, 0.1) is 28.8 Å². The summed E-state index contributed by atoms with van der Waals surface area (Å²) in [6.45, 7) is 2.43. The molecular formula is C23H24N8O3. The minimum atomic E-state index is -1.70. The first-order valence-corrected chi connectivity index (χ1v) is 10.9. The number of hydrogen-bond donors (Lipinski definition) is 2. The molecule has 0 aromatic carbocycles. The summed E-state index contributed by atoms with van der Waals surface area (Å²) >= 11 is 0. The zero-order valence-electron chi connectivity index (χ0n) is 19.0. The quantitative estimate of drug-likeness (QED) is 0.444. The van der Waals surface area contributed by atoms with Gasteiger partial charge in [0.2, 0.25) is 11.5 Å². The Kier molecular flexibility index (Phi) is 5.33. The molecule has 34 heavy (non-hydrogen) atoms. The number of likely N-dealkylation sites (tertiary alicyclic amines) is 1. The number of nitrogens with zero attached hydrogens (tertiary/aromatic N) is 7. The van der Waals surface area contributed by atoms with Gasteiger partial charge in [0, 0.05) is 45.5 Å². The molecule has 4 aromatic heterocycles. The Hall–Kier alpha value is -4.12. The molecule has 4 aromatic rings. The van der Waals surface area contributed by atoms with Gasteiger partial charge in [0.25, 0.3) is 5.91 Å². The molecule has 5 heterocycles. The van der Waals surface area contributed by atoms with Crippen molar-refractivity contribution < 1.29 is 14.4 Å². The van der Waals surface area contributed by atoms with Crippen LogP contribution in [0.1, 0.15) is 30.8 Å². The van der Waals surface area contributed by atoms with E-state index in [0.29, 0.717) is 35.3 Å². The Labute approximate surface area is 195 Å². The Morgan fingerprint density at radius 3 is 2.59 bits per heavy atom. The lowest BCUT2D eigenvalue weighted by molar-refractivity contribution is -0.144. The summed E-state index contributed by atoms with van der Waals surface area (Å²) in [5, 5.41) is 22.5. The third kappa shape index (κ3) is 3.90. The molecule has 2 N–H and O–H groups in total. The van der Waals surface area contributed by atoms with E-state index < -0.39 is 11.5 Å². The number of aromatic nitrogens is 6. The molecule has 1 aliphatic rings. The normalized spacial score (nSPS) is 18.9. The first kappa shape index (κ1) is 21.7. The highest BCUT2D eigenvalue weighted by Gasteiger charge is 2.48. The molecule has 11 nitrogen and oxygen atoms in total. The van der Waals surface area contributed by atoms with Crippen LogP contribution in [0.2, 0.25) is 0 Å².